The fourth-order valence-electron chi connectivity index (χ4n) is 7.41. The van der Waals surface area contributed by atoms with Gasteiger partial charge in [0.25, 0.3) is 0 Å². The maximum Gasteiger partial charge on any atom is 0.337 e. The lowest BCUT2D eigenvalue weighted by Gasteiger charge is -2.47. The molecule has 224 valence electrons. The number of hydrogen-bond donors (Lipinski definition) is 1. The third-order valence-electron chi connectivity index (χ3n) is 9.38. The SMILES string of the molecule is COC(=O)c1ccc(-c2ccc([C@@H](C3CCNC3=O)N3CCC(O[Si](C(C)C)(C(C)C)C(C)C)CC3)c(Cl)c2)cc1. The molecule has 2 saturated heterocycles. The molecule has 2 fully saturated rings. The zero-order valence-corrected chi connectivity index (χ0v) is 27.5. The van der Waals surface area contributed by atoms with Gasteiger partial charge in [-0.05, 0) is 70.8 Å². The number of amides is 1. The van der Waals surface area contributed by atoms with Crippen molar-refractivity contribution < 1.29 is 18.8 Å². The molecule has 8 heteroatoms. The van der Waals surface area contributed by atoms with Gasteiger partial charge in [0.15, 0.2) is 0 Å². The van der Waals surface area contributed by atoms with E-state index in [4.69, 9.17) is 20.8 Å². The van der Waals surface area contributed by atoms with Crippen molar-refractivity contribution in [2.75, 3.05) is 26.7 Å². The van der Waals surface area contributed by atoms with Crippen molar-refractivity contribution in [2.24, 2.45) is 5.92 Å². The monoisotopic (exact) mass is 598 g/mol. The zero-order chi connectivity index (χ0) is 29.9. The minimum Gasteiger partial charge on any atom is -0.465 e. The quantitative estimate of drug-likeness (QED) is 0.225. The number of rotatable bonds is 10. The number of halogens is 1. The zero-order valence-electron chi connectivity index (χ0n) is 25.7. The van der Waals surface area contributed by atoms with Gasteiger partial charge in [0.1, 0.15) is 0 Å². The van der Waals surface area contributed by atoms with Crippen LogP contribution in [0.4, 0.5) is 0 Å². The summed E-state index contributed by atoms with van der Waals surface area (Å²) in [6.07, 6.45) is 2.99. The third kappa shape index (κ3) is 6.58. The molecule has 0 saturated carbocycles. The van der Waals surface area contributed by atoms with E-state index in [0.29, 0.717) is 33.8 Å². The lowest BCUT2D eigenvalue weighted by atomic mass is 9.87. The van der Waals surface area contributed by atoms with E-state index in [2.05, 4.69) is 63.9 Å². The van der Waals surface area contributed by atoms with Crippen molar-refractivity contribution in [2.45, 2.75) is 89.6 Å². The Morgan fingerprint density at radius 2 is 1.51 bits per heavy atom. The number of carbonyl (C=O) groups is 2. The molecular formula is C33H47ClN2O4Si. The summed E-state index contributed by atoms with van der Waals surface area (Å²) in [7, 11) is -0.576. The van der Waals surface area contributed by atoms with Crippen LogP contribution in [0.25, 0.3) is 11.1 Å². The van der Waals surface area contributed by atoms with Crippen LogP contribution in [0.1, 0.15) is 82.8 Å². The van der Waals surface area contributed by atoms with Crippen LogP contribution in [-0.2, 0) is 14.0 Å². The van der Waals surface area contributed by atoms with E-state index in [1.165, 1.54) is 7.11 Å². The van der Waals surface area contributed by atoms with Crippen LogP contribution in [0.5, 0.6) is 0 Å². The Balaban J connectivity index is 1.56. The summed E-state index contributed by atoms with van der Waals surface area (Å²) in [6.45, 7) is 16.5. The lowest BCUT2D eigenvalue weighted by Crippen LogP contribution is -2.52. The van der Waals surface area contributed by atoms with E-state index < -0.39 is 8.32 Å². The Bertz CT molecular complexity index is 1190. The van der Waals surface area contributed by atoms with Crippen LogP contribution in [0, 0.1) is 5.92 Å². The van der Waals surface area contributed by atoms with Crippen LogP contribution < -0.4 is 5.32 Å². The third-order valence-corrected chi connectivity index (χ3v) is 15.9. The van der Waals surface area contributed by atoms with Gasteiger partial charge in [-0.15, -0.1) is 0 Å². The maximum atomic E-state index is 13.0. The Kier molecular flexibility index (Phi) is 10.4. The summed E-state index contributed by atoms with van der Waals surface area (Å²) in [4.78, 5) is 27.3. The number of nitrogens with one attached hydrogen (secondary N) is 1. The van der Waals surface area contributed by atoms with Crippen molar-refractivity contribution in [3.63, 3.8) is 0 Å². The van der Waals surface area contributed by atoms with Gasteiger partial charge in [0.05, 0.1) is 18.6 Å². The predicted molar refractivity (Wildman–Crippen MR) is 169 cm³/mol. The molecular weight excluding hydrogens is 552 g/mol. The normalized spacial score (nSPS) is 19.7. The van der Waals surface area contributed by atoms with Gasteiger partial charge >= 0.3 is 5.97 Å². The minimum atomic E-state index is -1.95. The number of carbonyl (C=O) groups excluding carboxylic acids is 2. The molecule has 41 heavy (non-hydrogen) atoms. The number of benzene rings is 2. The molecule has 2 aliphatic heterocycles. The van der Waals surface area contributed by atoms with E-state index >= 15 is 0 Å². The molecule has 1 unspecified atom stereocenters. The number of methoxy groups -OCH3 is 1. The largest absolute Gasteiger partial charge is 0.465 e. The summed E-state index contributed by atoms with van der Waals surface area (Å²) in [5.74, 6) is -0.384. The number of esters is 1. The van der Waals surface area contributed by atoms with Crippen LogP contribution in [0.2, 0.25) is 21.6 Å². The molecule has 1 N–H and O–H groups in total. The average molecular weight is 599 g/mol. The van der Waals surface area contributed by atoms with Crippen LogP contribution in [0.3, 0.4) is 0 Å². The summed E-state index contributed by atoms with van der Waals surface area (Å²) >= 11 is 6.99. The molecule has 0 radical (unpaired) electrons. The predicted octanol–water partition coefficient (Wildman–Crippen LogP) is 7.63. The van der Waals surface area contributed by atoms with Crippen molar-refractivity contribution in [1.29, 1.82) is 0 Å². The van der Waals surface area contributed by atoms with E-state index in [-0.39, 0.29) is 29.9 Å². The van der Waals surface area contributed by atoms with E-state index in [0.717, 1.165) is 49.0 Å². The number of likely N-dealkylation sites (tertiary alicyclic amines) is 1. The topological polar surface area (TPSA) is 67.9 Å². The molecule has 2 heterocycles. The van der Waals surface area contributed by atoms with Crippen molar-refractivity contribution in [1.82, 2.24) is 10.2 Å². The van der Waals surface area contributed by atoms with Crippen molar-refractivity contribution in [3.8, 4) is 11.1 Å². The fraction of sp³-hybridized carbons (Fsp3) is 0.576. The summed E-state index contributed by atoms with van der Waals surface area (Å²) in [5, 5.41) is 3.71. The van der Waals surface area contributed by atoms with E-state index in [1.54, 1.807) is 12.1 Å². The first-order chi connectivity index (χ1) is 19.5. The maximum absolute atomic E-state index is 13.0. The van der Waals surface area contributed by atoms with Crippen LogP contribution >= 0.6 is 11.6 Å². The van der Waals surface area contributed by atoms with E-state index in [1.807, 2.05) is 18.2 Å². The molecule has 2 aromatic carbocycles. The fourth-order valence-corrected chi connectivity index (χ4v) is 13.3. The van der Waals surface area contributed by atoms with Crippen LogP contribution in [0.15, 0.2) is 42.5 Å². The first-order valence-electron chi connectivity index (χ1n) is 15.2. The number of nitrogens with zero attached hydrogens (tertiary/aromatic N) is 1. The van der Waals surface area contributed by atoms with Gasteiger partial charge in [-0.3, -0.25) is 9.69 Å². The average Bonchev–Trinajstić information content (AvgIpc) is 3.37. The smallest absolute Gasteiger partial charge is 0.337 e. The number of piperidine rings is 1. The molecule has 2 aromatic rings. The number of hydrogen-bond acceptors (Lipinski definition) is 5. The molecule has 4 rings (SSSR count). The highest BCUT2D eigenvalue weighted by Crippen LogP contribution is 2.45. The Morgan fingerprint density at radius 3 is 2.00 bits per heavy atom. The first kappa shape index (κ1) is 31.7. The molecule has 0 bridgehead atoms. The highest BCUT2D eigenvalue weighted by atomic mass is 35.5. The Morgan fingerprint density at radius 1 is 0.927 bits per heavy atom. The van der Waals surface area contributed by atoms with Gasteiger partial charge in [-0.1, -0.05) is 77.4 Å². The van der Waals surface area contributed by atoms with Gasteiger partial charge < -0.3 is 14.5 Å². The second-order valence-electron chi connectivity index (χ2n) is 12.6. The van der Waals surface area contributed by atoms with Crippen LogP contribution in [-0.4, -0.2) is 57.9 Å². The molecule has 6 nitrogen and oxygen atoms in total. The van der Waals surface area contributed by atoms with Gasteiger partial charge in [-0.2, -0.15) is 0 Å². The summed E-state index contributed by atoms with van der Waals surface area (Å²) < 4.78 is 12.0. The standard InChI is InChI=1S/C33H47ClN2O4Si/c1-21(2)41(22(3)4,23(5)6)40-27-15-18-36(19-16-27)31(29-14-17-35-32(29)37)28-13-12-26(20-30(28)34)24-8-10-25(11-9-24)33(38)39-7/h8-13,20-23,27,29,31H,14-19H2,1-7H3,(H,35,37)/t29?,31-/m0/s1. The molecule has 2 atom stereocenters. The Hall–Kier alpha value is -2.19. The summed E-state index contributed by atoms with van der Waals surface area (Å²) in [6, 6.07) is 13.4. The van der Waals surface area contributed by atoms with Gasteiger partial charge in [0, 0.05) is 36.8 Å². The van der Waals surface area contributed by atoms with Crippen molar-refractivity contribution in [3.05, 3.63) is 58.6 Å². The summed E-state index contributed by atoms with van der Waals surface area (Å²) in [5.41, 5.74) is 5.12. The van der Waals surface area contributed by atoms with E-state index in [9.17, 15) is 9.59 Å². The second-order valence-corrected chi connectivity index (χ2v) is 18.4. The minimum absolute atomic E-state index is 0.0796. The van der Waals surface area contributed by atoms with Gasteiger partial charge in [0.2, 0.25) is 14.2 Å². The highest BCUT2D eigenvalue weighted by molar-refractivity contribution is 6.77. The molecule has 0 aromatic heterocycles. The molecule has 0 aliphatic carbocycles. The first-order valence-corrected chi connectivity index (χ1v) is 17.7. The van der Waals surface area contributed by atoms with Gasteiger partial charge in [-0.25, -0.2) is 4.79 Å². The molecule has 1 amide bonds. The Labute approximate surface area is 252 Å². The molecule has 0 spiro atoms. The van der Waals surface area contributed by atoms with Crippen molar-refractivity contribution >= 4 is 31.8 Å². The molecule has 2 aliphatic rings. The second kappa shape index (κ2) is 13.4. The number of ether oxygens (including phenoxy) is 1. The highest BCUT2D eigenvalue weighted by Gasteiger charge is 2.47. The lowest BCUT2D eigenvalue weighted by molar-refractivity contribution is -0.124.